The van der Waals surface area contributed by atoms with Crippen molar-refractivity contribution in [1.29, 1.82) is 0 Å². The number of hydrogen-bond acceptors (Lipinski definition) is 4. The molecule has 1 fully saturated rings. The Labute approximate surface area is 133 Å². The summed E-state index contributed by atoms with van der Waals surface area (Å²) in [6.07, 6.45) is 5.02. The highest BCUT2D eigenvalue weighted by atomic mass is 32.2. The lowest BCUT2D eigenvalue weighted by molar-refractivity contribution is 0.475. The average Bonchev–Trinajstić information content (AvgIpc) is 3.16. The standard InChI is InChI=1S/C17H17N3OS/c21-13-7-5-12(6-8-13)11-15-19-14-3-1-9-18-17(14)20(15)16-4-2-10-22-16/h1,3,5-9,16,21H,2,4,10-11H2. The fourth-order valence-corrected chi connectivity index (χ4v) is 4.27. The predicted molar refractivity (Wildman–Crippen MR) is 89.2 cm³/mol. The molecule has 2 aromatic heterocycles. The van der Waals surface area contributed by atoms with Crippen LogP contribution in [0.5, 0.6) is 5.75 Å². The summed E-state index contributed by atoms with van der Waals surface area (Å²) in [5.74, 6) is 2.56. The maximum atomic E-state index is 9.43. The summed E-state index contributed by atoms with van der Waals surface area (Å²) in [6.45, 7) is 0. The number of hydrogen-bond donors (Lipinski definition) is 1. The molecule has 3 heterocycles. The van der Waals surface area contributed by atoms with Crippen molar-refractivity contribution in [3.8, 4) is 5.75 Å². The first kappa shape index (κ1) is 13.6. The molecule has 1 aliphatic rings. The summed E-state index contributed by atoms with van der Waals surface area (Å²) in [7, 11) is 0. The molecule has 1 atom stereocenters. The van der Waals surface area contributed by atoms with Gasteiger partial charge >= 0.3 is 0 Å². The normalized spacial score (nSPS) is 18.1. The minimum atomic E-state index is 0.297. The van der Waals surface area contributed by atoms with Crippen LogP contribution in [-0.2, 0) is 6.42 Å². The molecule has 1 saturated heterocycles. The predicted octanol–water partition coefficient (Wildman–Crippen LogP) is 3.75. The molecule has 0 saturated carbocycles. The van der Waals surface area contributed by atoms with E-state index >= 15 is 0 Å². The van der Waals surface area contributed by atoms with E-state index in [0.29, 0.717) is 11.1 Å². The van der Waals surface area contributed by atoms with Gasteiger partial charge in [0, 0.05) is 12.6 Å². The SMILES string of the molecule is Oc1ccc(Cc2nc3cccnc3n2C2CCCS2)cc1. The second kappa shape index (κ2) is 5.65. The fraction of sp³-hybridized carbons (Fsp3) is 0.294. The van der Waals surface area contributed by atoms with Crippen molar-refractivity contribution in [3.63, 3.8) is 0 Å². The Morgan fingerprint density at radius 3 is 2.86 bits per heavy atom. The highest BCUT2D eigenvalue weighted by Gasteiger charge is 2.23. The highest BCUT2D eigenvalue weighted by Crippen LogP contribution is 2.38. The van der Waals surface area contributed by atoms with Crippen molar-refractivity contribution in [1.82, 2.24) is 14.5 Å². The first-order valence-corrected chi connectivity index (χ1v) is 8.57. The summed E-state index contributed by atoms with van der Waals surface area (Å²) in [4.78, 5) is 9.35. The van der Waals surface area contributed by atoms with Gasteiger partial charge in [0.2, 0.25) is 0 Å². The number of fused-ring (bicyclic) bond motifs is 1. The molecule has 4 nitrogen and oxygen atoms in total. The number of rotatable bonds is 3. The van der Waals surface area contributed by atoms with Crippen LogP contribution in [0.15, 0.2) is 42.6 Å². The lowest BCUT2D eigenvalue weighted by Crippen LogP contribution is -2.08. The molecule has 112 valence electrons. The molecule has 3 aromatic rings. The Bertz CT molecular complexity index is 791. The Balaban J connectivity index is 1.78. The summed E-state index contributed by atoms with van der Waals surface area (Å²) < 4.78 is 2.31. The van der Waals surface area contributed by atoms with Crippen LogP contribution in [0.25, 0.3) is 11.2 Å². The van der Waals surface area contributed by atoms with Gasteiger partial charge in [0.1, 0.15) is 17.1 Å². The topological polar surface area (TPSA) is 50.9 Å². The molecule has 0 radical (unpaired) electrons. The number of nitrogens with zero attached hydrogens (tertiary/aromatic N) is 3. The number of phenolic OH excluding ortho intramolecular Hbond substituents is 1. The van der Waals surface area contributed by atoms with Crippen LogP contribution in [-0.4, -0.2) is 25.4 Å². The van der Waals surface area contributed by atoms with Crippen LogP contribution in [0.3, 0.4) is 0 Å². The zero-order chi connectivity index (χ0) is 14.9. The summed E-state index contributed by atoms with van der Waals surface area (Å²) in [5, 5.41) is 9.87. The van der Waals surface area contributed by atoms with Gasteiger partial charge < -0.3 is 5.11 Å². The van der Waals surface area contributed by atoms with Gasteiger partial charge in [-0.05, 0) is 48.4 Å². The quantitative estimate of drug-likeness (QED) is 0.800. The third-order valence-corrected chi connectivity index (χ3v) is 5.37. The van der Waals surface area contributed by atoms with Crippen molar-refractivity contribution in [2.45, 2.75) is 24.6 Å². The number of aromatic hydroxyl groups is 1. The van der Waals surface area contributed by atoms with Crippen molar-refractivity contribution in [2.75, 3.05) is 5.75 Å². The van der Waals surface area contributed by atoms with E-state index in [-0.39, 0.29) is 0 Å². The van der Waals surface area contributed by atoms with Gasteiger partial charge in [-0.2, -0.15) is 0 Å². The largest absolute Gasteiger partial charge is 0.508 e. The lowest BCUT2D eigenvalue weighted by Gasteiger charge is -2.15. The van der Waals surface area contributed by atoms with E-state index in [1.807, 2.05) is 42.2 Å². The fourth-order valence-electron chi connectivity index (χ4n) is 2.96. The number of aromatic nitrogens is 3. The Hall–Kier alpha value is -2.01. The number of benzene rings is 1. The molecule has 1 aliphatic heterocycles. The van der Waals surface area contributed by atoms with Crippen molar-refractivity contribution >= 4 is 22.9 Å². The monoisotopic (exact) mass is 311 g/mol. The smallest absolute Gasteiger partial charge is 0.160 e. The van der Waals surface area contributed by atoms with Gasteiger partial charge in [-0.15, -0.1) is 11.8 Å². The van der Waals surface area contributed by atoms with E-state index in [4.69, 9.17) is 4.98 Å². The van der Waals surface area contributed by atoms with Crippen LogP contribution in [0.2, 0.25) is 0 Å². The van der Waals surface area contributed by atoms with Crippen LogP contribution >= 0.6 is 11.8 Å². The third-order valence-electron chi connectivity index (χ3n) is 4.01. The number of imidazole rings is 1. The van der Waals surface area contributed by atoms with Crippen molar-refractivity contribution < 1.29 is 5.11 Å². The summed E-state index contributed by atoms with van der Waals surface area (Å²) in [6, 6.07) is 11.3. The first-order valence-electron chi connectivity index (χ1n) is 7.52. The van der Waals surface area contributed by atoms with E-state index < -0.39 is 0 Å². The van der Waals surface area contributed by atoms with Gasteiger partial charge in [0.15, 0.2) is 5.65 Å². The highest BCUT2D eigenvalue weighted by molar-refractivity contribution is 7.99. The molecule has 5 heteroatoms. The number of thioether (sulfide) groups is 1. The van der Waals surface area contributed by atoms with Gasteiger partial charge in [-0.3, -0.25) is 4.57 Å². The molecule has 0 amide bonds. The maximum Gasteiger partial charge on any atom is 0.160 e. The van der Waals surface area contributed by atoms with Crippen LogP contribution in [0, 0.1) is 0 Å². The van der Waals surface area contributed by atoms with E-state index in [1.165, 1.54) is 18.6 Å². The first-order chi connectivity index (χ1) is 10.8. The van der Waals surface area contributed by atoms with E-state index in [2.05, 4.69) is 9.55 Å². The van der Waals surface area contributed by atoms with Crippen molar-refractivity contribution in [2.24, 2.45) is 0 Å². The lowest BCUT2D eigenvalue weighted by atomic mass is 10.1. The van der Waals surface area contributed by atoms with Crippen LogP contribution in [0.4, 0.5) is 0 Å². The summed E-state index contributed by atoms with van der Waals surface area (Å²) in [5.41, 5.74) is 3.09. The minimum absolute atomic E-state index is 0.297. The Kier molecular flexibility index (Phi) is 3.50. The zero-order valence-corrected chi connectivity index (χ0v) is 13.0. The molecule has 0 bridgehead atoms. The van der Waals surface area contributed by atoms with E-state index in [9.17, 15) is 5.11 Å². The number of pyridine rings is 1. The van der Waals surface area contributed by atoms with Gasteiger partial charge in [0.25, 0.3) is 0 Å². The van der Waals surface area contributed by atoms with Crippen LogP contribution < -0.4 is 0 Å². The molecule has 1 aromatic carbocycles. The molecular weight excluding hydrogens is 294 g/mol. The Morgan fingerprint density at radius 2 is 2.09 bits per heavy atom. The van der Waals surface area contributed by atoms with Crippen molar-refractivity contribution in [3.05, 3.63) is 54.0 Å². The van der Waals surface area contributed by atoms with Gasteiger partial charge in [0.05, 0.1) is 5.37 Å². The molecule has 0 spiro atoms. The number of phenols is 1. The molecule has 22 heavy (non-hydrogen) atoms. The summed E-state index contributed by atoms with van der Waals surface area (Å²) >= 11 is 1.99. The van der Waals surface area contributed by atoms with E-state index in [1.54, 1.807) is 12.1 Å². The zero-order valence-electron chi connectivity index (χ0n) is 12.1. The minimum Gasteiger partial charge on any atom is -0.508 e. The van der Waals surface area contributed by atoms with Gasteiger partial charge in [-0.1, -0.05) is 12.1 Å². The average molecular weight is 311 g/mol. The van der Waals surface area contributed by atoms with E-state index in [0.717, 1.165) is 29.0 Å². The second-order valence-corrected chi connectivity index (χ2v) is 6.84. The molecule has 1 unspecified atom stereocenters. The third kappa shape index (κ3) is 2.46. The molecule has 0 aliphatic carbocycles. The molecule has 4 rings (SSSR count). The van der Waals surface area contributed by atoms with Gasteiger partial charge in [-0.25, -0.2) is 9.97 Å². The van der Waals surface area contributed by atoms with Crippen LogP contribution in [0.1, 0.15) is 29.6 Å². The molecule has 1 N–H and O–H groups in total. The second-order valence-electron chi connectivity index (χ2n) is 5.56. The molecular formula is C17H17N3OS. The maximum absolute atomic E-state index is 9.43. The Morgan fingerprint density at radius 1 is 1.23 bits per heavy atom.